The minimum Gasteiger partial charge on any atom is -0.393 e. The summed E-state index contributed by atoms with van der Waals surface area (Å²) in [5.74, 6) is 1.36. The summed E-state index contributed by atoms with van der Waals surface area (Å²) in [5.41, 5.74) is -0.240. The zero-order chi connectivity index (χ0) is 11.9. The molecule has 2 aliphatic rings. The zero-order valence-corrected chi connectivity index (χ0v) is 10.6. The van der Waals surface area contributed by atoms with Crippen LogP contribution < -0.4 is 0 Å². The van der Waals surface area contributed by atoms with Gasteiger partial charge in [-0.2, -0.15) is 0 Å². The van der Waals surface area contributed by atoms with Gasteiger partial charge in [0, 0.05) is 24.4 Å². The van der Waals surface area contributed by atoms with Gasteiger partial charge in [-0.3, -0.25) is 9.69 Å². The van der Waals surface area contributed by atoms with E-state index in [2.05, 4.69) is 4.90 Å². The molecule has 0 amide bonds. The second kappa shape index (κ2) is 4.11. The molecule has 0 radical (unpaired) electrons. The predicted molar refractivity (Wildman–Crippen MR) is 63.1 cm³/mol. The molecule has 3 heteroatoms. The number of carbonyl (C=O) groups is 1. The molecule has 1 aliphatic carbocycles. The van der Waals surface area contributed by atoms with Gasteiger partial charge in [-0.1, -0.05) is 20.8 Å². The van der Waals surface area contributed by atoms with Crippen molar-refractivity contribution in [1.82, 2.24) is 4.90 Å². The number of ketones is 1. The molecule has 0 bridgehead atoms. The molecule has 3 nitrogen and oxygen atoms in total. The molecule has 1 aliphatic heterocycles. The standard InChI is InChI=1S/C13H23NO2/c1-13(2,3)12(16)8-14-6-9-4-5-11(15)10(9)7-14/h9-11,15H,4-8H2,1-3H3. The monoisotopic (exact) mass is 225 g/mol. The highest BCUT2D eigenvalue weighted by Crippen LogP contribution is 2.38. The first kappa shape index (κ1) is 12.1. The Morgan fingerprint density at radius 3 is 2.56 bits per heavy atom. The number of aliphatic hydroxyl groups excluding tert-OH is 1. The van der Waals surface area contributed by atoms with Crippen LogP contribution in [0.3, 0.4) is 0 Å². The molecule has 3 unspecified atom stereocenters. The lowest BCUT2D eigenvalue weighted by Crippen LogP contribution is -2.35. The summed E-state index contributed by atoms with van der Waals surface area (Å²) in [7, 11) is 0. The Kier molecular flexibility index (Phi) is 3.10. The summed E-state index contributed by atoms with van der Waals surface area (Å²) >= 11 is 0. The maximum Gasteiger partial charge on any atom is 0.152 e. The molecule has 3 atom stereocenters. The number of rotatable bonds is 2. The van der Waals surface area contributed by atoms with Crippen molar-refractivity contribution in [3.8, 4) is 0 Å². The van der Waals surface area contributed by atoms with Gasteiger partial charge in [-0.25, -0.2) is 0 Å². The average molecular weight is 225 g/mol. The van der Waals surface area contributed by atoms with E-state index in [-0.39, 0.29) is 11.5 Å². The van der Waals surface area contributed by atoms with E-state index >= 15 is 0 Å². The van der Waals surface area contributed by atoms with Crippen molar-refractivity contribution >= 4 is 5.78 Å². The second-order valence-corrected chi connectivity index (χ2v) is 6.44. The van der Waals surface area contributed by atoms with Gasteiger partial charge in [-0.05, 0) is 18.8 Å². The fourth-order valence-corrected chi connectivity index (χ4v) is 2.90. The van der Waals surface area contributed by atoms with Gasteiger partial charge in [0.1, 0.15) is 0 Å². The van der Waals surface area contributed by atoms with Crippen molar-refractivity contribution in [3.05, 3.63) is 0 Å². The van der Waals surface area contributed by atoms with Crippen LogP contribution in [0.5, 0.6) is 0 Å². The predicted octanol–water partition coefficient (Wildman–Crippen LogP) is 1.30. The normalized spacial score (nSPS) is 35.4. The van der Waals surface area contributed by atoms with Gasteiger partial charge < -0.3 is 5.11 Å². The number of fused-ring (bicyclic) bond motifs is 1. The molecule has 0 spiro atoms. The Labute approximate surface area is 97.8 Å². The van der Waals surface area contributed by atoms with E-state index in [0.717, 1.165) is 25.9 Å². The van der Waals surface area contributed by atoms with Gasteiger partial charge in [0.25, 0.3) is 0 Å². The van der Waals surface area contributed by atoms with Gasteiger partial charge in [0.2, 0.25) is 0 Å². The van der Waals surface area contributed by atoms with Crippen molar-refractivity contribution in [3.63, 3.8) is 0 Å². The molecule has 1 N–H and O–H groups in total. The Hall–Kier alpha value is -0.410. The van der Waals surface area contributed by atoms with Crippen molar-refractivity contribution in [1.29, 1.82) is 0 Å². The molecular weight excluding hydrogens is 202 g/mol. The number of aliphatic hydroxyl groups is 1. The van der Waals surface area contributed by atoms with Crippen molar-refractivity contribution in [2.75, 3.05) is 19.6 Å². The van der Waals surface area contributed by atoms with Gasteiger partial charge in [0.05, 0.1) is 12.6 Å². The number of likely N-dealkylation sites (tertiary alicyclic amines) is 1. The minimum atomic E-state index is -0.240. The molecule has 92 valence electrons. The lowest BCUT2D eigenvalue weighted by molar-refractivity contribution is -0.127. The zero-order valence-electron chi connectivity index (χ0n) is 10.6. The fourth-order valence-electron chi connectivity index (χ4n) is 2.90. The number of hydrogen-bond acceptors (Lipinski definition) is 3. The van der Waals surface area contributed by atoms with Gasteiger partial charge in [-0.15, -0.1) is 0 Å². The Balaban J connectivity index is 1.88. The van der Waals surface area contributed by atoms with Crippen LogP contribution in [0.25, 0.3) is 0 Å². The van der Waals surface area contributed by atoms with Crippen LogP contribution in [0.15, 0.2) is 0 Å². The molecule has 1 saturated carbocycles. The van der Waals surface area contributed by atoms with E-state index in [1.54, 1.807) is 0 Å². The highest BCUT2D eigenvalue weighted by atomic mass is 16.3. The number of carbonyl (C=O) groups excluding carboxylic acids is 1. The molecule has 0 aromatic heterocycles. The van der Waals surface area contributed by atoms with Gasteiger partial charge in [0.15, 0.2) is 5.78 Å². The lowest BCUT2D eigenvalue weighted by Gasteiger charge is -2.22. The fraction of sp³-hybridized carbons (Fsp3) is 0.923. The molecule has 2 rings (SSSR count). The number of Topliss-reactive ketones (excluding diaryl/α,β-unsaturated/α-hetero) is 1. The van der Waals surface area contributed by atoms with E-state index in [4.69, 9.17) is 0 Å². The Bertz CT molecular complexity index is 282. The SMILES string of the molecule is CC(C)(C)C(=O)CN1CC2CCC(O)C2C1. The third kappa shape index (κ3) is 2.30. The molecule has 16 heavy (non-hydrogen) atoms. The average Bonchev–Trinajstić information content (AvgIpc) is 2.67. The maximum atomic E-state index is 11.9. The number of nitrogens with zero attached hydrogens (tertiary/aromatic N) is 1. The summed E-state index contributed by atoms with van der Waals surface area (Å²) < 4.78 is 0. The van der Waals surface area contributed by atoms with Crippen LogP contribution in [-0.4, -0.2) is 41.5 Å². The maximum absolute atomic E-state index is 11.9. The molecule has 0 aromatic carbocycles. The highest BCUT2D eigenvalue weighted by molar-refractivity contribution is 5.85. The first-order valence-electron chi connectivity index (χ1n) is 6.31. The van der Waals surface area contributed by atoms with Crippen LogP contribution in [0.1, 0.15) is 33.6 Å². The van der Waals surface area contributed by atoms with Crippen LogP contribution in [-0.2, 0) is 4.79 Å². The molecule has 1 heterocycles. The third-order valence-electron chi connectivity index (χ3n) is 4.10. The second-order valence-electron chi connectivity index (χ2n) is 6.44. The third-order valence-corrected chi connectivity index (χ3v) is 4.10. The summed E-state index contributed by atoms with van der Waals surface area (Å²) in [5, 5.41) is 9.80. The van der Waals surface area contributed by atoms with E-state index in [1.807, 2.05) is 20.8 Å². The van der Waals surface area contributed by atoms with Crippen LogP contribution in [0, 0.1) is 17.3 Å². The minimum absolute atomic E-state index is 0.125. The van der Waals surface area contributed by atoms with Crippen molar-refractivity contribution < 1.29 is 9.90 Å². The van der Waals surface area contributed by atoms with Crippen molar-refractivity contribution in [2.45, 2.75) is 39.7 Å². The van der Waals surface area contributed by atoms with Crippen LogP contribution in [0.2, 0.25) is 0 Å². The van der Waals surface area contributed by atoms with E-state index < -0.39 is 0 Å². The topological polar surface area (TPSA) is 40.5 Å². The quantitative estimate of drug-likeness (QED) is 0.770. The molecule has 0 aromatic rings. The summed E-state index contributed by atoms with van der Waals surface area (Å²) in [6.07, 6.45) is 1.96. The summed E-state index contributed by atoms with van der Waals surface area (Å²) in [6, 6.07) is 0. The first-order chi connectivity index (χ1) is 7.38. The number of hydrogen-bond donors (Lipinski definition) is 1. The largest absolute Gasteiger partial charge is 0.393 e. The summed E-state index contributed by atoms with van der Waals surface area (Å²) in [6.45, 7) is 8.39. The Morgan fingerprint density at radius 1 is 1.31 bits per heavy atom. The first-order valence-corrected chi connectivity index (χ1v) is 6.31. The smallest absolute Gasteiger partial charge is 0.152 e. The van der Waals surface area contributed by atoms with Crippen LogP contribution >= 0.6 is 0 Å². The Morgan fingerprint density at radius 2 is 2.00 bits per heavy atom. The lowest BCUT2D eigenvalue weighted by atomic mass is 9.90. The van der Waals surface area contributed by atoms with E-state index in [1.165, 1.54) is 0 Å². The van der Waals surface area contributed by atoms with E-state index in [0.29, 0.717) is 24.2 Å². The van der Waals surface area contributed by atoms with Crippen molar-refractivity contribution in [2.24, 2.45) is 17.3 Å². The van der Waals surface area contributed by atoms with Gasteiger partial charge >= 0.3 is 0 Å². The molecular formula is C13H23NO2. The van der Waals surface area contributed by atoms with Crippen LogP contribution in [0.4, 0.5) is 0 Å². The molecule has 2 fully saturated rings. The molecule has 1 saturated heterocycles. The summed E-state index contributed by atoms with van der Waals surface area (Å²) in [4.78, 5) is 14.1. The van der Waals surface area contributed by atoms with E-state index in [9.17, 15) is 9.90 Å². The highest BCUT2D eigenvalue weighted by Gasteiger charge is 2.42.